The molecular weight excluding hydrogens is 614 g/mol. The summed E-state index contributed by atoms with van der Waals surface area (Å²) in [6.07, 6.45) is 2.98. The molecule has 6 heteroatoms. The Morgan fingerprint density at radius 3 is 2.38 bits per heavy atom. The second kappa shape index (κ2) is 10.4. The molecule has 230 valence electrons. The quantitative estimate of drug-likeness (QED) is 0.192. The summed E-state index contributed by atoms with van der Waals surface area (Å²) in [4.78, 5) is 2.27. The molecule has 1 aliphatic carbocycles. The van der Waals surface area contributed by atoms with Crippen LogP contribution >= 0.6 is 11.6 Å². The van der Waals surface area contributed by atoms with E-state index in [1.165, 1.54) is 11.1 Å². The molecule has 2 aliphatic rings. The Balaban J connectivity index is 1.20. The van der Waals surface area contributed by atoms with E-state index >= 15 is 0 Å². The Bertz CT molecular complexity index is 2630. The van der Waals surface area contributed by atoms with Crippen LogP contribution in [0.15, 0.2) is 138 Å². The number of ether oxygens (including phenoxy) is 1. The fourth-order valence-corrected chi connectivity index (χ4v) is 7.92. The highest BCUT2D eigenvalue weighted by Crippen LogP contribution is 2.50. The monoisotopic (exact) mass is 641 g/mol. The molecule has 0 fully saturated rings. The number of para-hydroxylation sites is 2. The van der Waals surface area contributed by atoms with E-state index in [9.17, 15) is 0 Å². The van der Waals surface area contributed by atoms with Gasteiger partial charge in [-0.15, -0.1) is 0 Å². The van der Waals surface area contributed by atoms with Crippen LogP contribution in [0.25, 0.3) is 44.5 Å². The van der Waals surface area contributed by atoms with Gasteiger partial charge < -0.3 is 14.1 Å². The maximum absolute atomic E-state index is 7.59. The van der Waals surface area contributed by atoms with Crippen molar-refractivity contribution >= 4 is 67.5 Å². The molecule has 0 amide bonds. The highest BCUT2D eigenvalue weighted by molar-refractivity contribution is 6.36. The van der Waals surface area contributed by atoms with Crippen LogP contribution in [-0.2, 0) is 6.42 Å². The van der Waals surface area contributed by atoms with Crippen LogP contribution in [-0.4, -0.2) is 9.78 Å². The minimum Gasteiger partial charge on any atom is -0.461 e. The Kier molecular flexibility index (Phi) is 5.90. The number of allylic oxidation sites excluding steroid dienone is 1. The van der Waals surface area contributed by atoms with Gasteiger partial charge in [0, 0.05) is 28.0 Å². The van der Waals surface area contributed by atoms with Crippen LogP contribution in [0.3, 0.4) is 0 Å². The number of rotatable bonds is 4. The zero-order valence-electron chi connectivity index (χ0n) is 26.0. The predicted octanol–water partition coefficient (Wildman–Crippen LogP) is 11.4. The summed E-state index contributed by atoms with van der Waals surface area (Å²) in [5.74, 6) is 2.08. The van der Waals surface area contributed by atoms with Crippen LogP contribution in [0.2, 0.25) is 5.02 Å². The minimum atomic E-state index is 0.194. The number of benzene rings is 6. The first-order valence-corrected chi connectivity index (χ1v) is 16.6. The number of hydrogen-bond donors (Lipinski definition) is 0. The van der Waals surface area contributed by atoms with Gasteiger partial charge in [0.2, 0.25) is 0 Å². The lowest BCUT2D eigenvalue weighted by atomic mass is 9.86. The Hall–Kier alpha value is -5.78. The van der Waals surface area contributed by atoms with Crippen molar-refractivity contribution in [3.05, 3.63) is 161 Å². The molecule has 2 aromatic heterocycles. The largest absolute Gasteiger partial charge is 0.461 e. The van der Waals surface area contributed by atoms with E-state index in [-0.39, 0.29) is 5.92 Å². The number of nitrogens with zero attached hydrogens (tertiary/aromatic N) is 3. The highest BCUT2D eigenvalue weighted by atomic mass is 35.5. The highest BCUT2D eigenvalue weighted by Gasteiger charge is 2.36. The fourth-order valence-electron chi connectivity index (χ4n) is 7.63. The molecule has 48 heavy (non-hydrogen) atoms. The lowest BCUT2D eigenvalue weighted by Crippen LogP contribution is -2.14. The van der Waals surface area contributed by atoms with Crippen LogP contribution in [0.1, 0.15) is 28.4 Å². The Morgan fingerprint density at radius 2 is 1.44 bits per heavy atom. The standard InChI is InChI=1S/C42H28ClN3O2/c1-25-30-23-31-28-14-4-6-20-37(28)48-40(31)24-36(30)46(44-25)35-19-9-18-34(42(35)43)45(32-16-8-12-26-11-2-3-13-27(26)32)33-17-10-22-39-41(33)29-15-5-7-21-38(29)47-39/h2-22,24,31H,23H2,1H3. The van der Waals surface area contributed by atoms with Crippen LogP contribution in [0.5, 0.6) is 5.75 Å². The van der Waals surface area contributed by atoms with Crippen molar-refractivity contribution in [2.75, 3.05) is 4.90 Å². The lowest BCUT2D eigenvalue weighted by Gasteiger charge is -2.29. The summed E-state index contributed by atoms with van der Waals surface area (Å²) in [7, 11) is 0. The third-order valence-corrected chi connectivity index (χ3v) is 10.2. The smallest absolute Gasteiger partial charge is 0.137 e. The molecular formula is C42H28ClN3O2. The van der Waals surface area contributed by atoms with Gasteiger partial charge in [-0.3, -0.25) is 0 Å². The molecule has 0 N–H and O–H groups in total. The minimum absolute atomic E-state index is 0.194. The third-order valence-electron chi connectivity index (χ3n) is 9.83. The molecule has 0 bridgehead atoms. The molecule has 1 unspecified atom stereocenters. The number of anilines is 3. The number of aryl methyl sites for hydroxylation is 1. The molecule has 5 nitrogen and oxygen atoms in total. The number of hydrogen-bond acceptors (Lipinski definition) is 4. The van der Waals surface area contributed by atoms with Gasteiger partial charge in [-0.25, -0.2) is 4.68 Å². The van der Waals surface area contributed by atoms with Crippen molar-refractivity contribution in [3.63, 3.8) is 0 Å². The maximum Gasteiger partial charge on any atom is 0.137 e. The normalized spacial score (nSPS) is 14.9. The molecule has 8 aromatic rings. The molecule has 0 saturated heterocycles. The molecule has 3 heterocycles. The number of fused-ring (bicyclic) bond motifs is 8. The molecule has 0 radical (unpaired) electrons. The van der Waals surface area contributed by atoms with Crippen molar-refractivity contribution in [2.24, 2.45) is 0 Å². The predicted molar refractivity (Wildman–Crippen MR) is 194 cm³/mol. The molecule has 10 rings (SSSR count). The van der Waals surface area contributed by atoms with Gasteiger partial charge in [-0.1, -0.05) is 96.5 Å². The molecule has 1 aliphatic heterocycles. The van der Waals surface area contributed by atoms with Crippen molar-refractivity contribution in [1.82, 2.24) is 9.78 Å². The number of aromatic nitrogens is 2. The first kappa shape index (κ1) is 27.3. The zero-order chi connectivity index (χ0) is 31.9. The Morgan fingerprint density at radius 1 is 0.729 bits per heavy atom. The third kappa shape index (κ3) is 3.95. The summed E-state index contributed by atoms with van der Waals surface area (Å²) in [6, 6.07) is 43.8. The van der Waals surface area contributed by atoms with Crippen molar-refractivity contribution in [3.8, 4) is 11.4 Å². The molecule has 1 atom stereocenters. The van der Waals surface area contributed by atoms with Crippen molar-refractivity contribution in [1.29, 1.82) is 0 Å². The van der Waals surface area contributed by atoms with E-state index in [1.807, 2.05) is 47.1 Å². The van der Waals surface area contributed by atoms with Crippen molar-refractivity contribution in [2.45, 2.75) is 19.3 Å². The maximum atomic E-state index is 7.59. The summed E-state index contributed by atoms with van der Waals surface area (Å²) in [5, 5.41) is 10.0. The van der Waals surface area contributed by atoms with Gasteiger partial charge in [-0.05, 0) is 61.2 Å². The first-order valence-electron chi connectivity index (χ1n) is 16.2. The Labute approximate surface area is 281 Å². The second-order valence-electron chi connectivity index (χ2n) is 12.5. The average molecular weight is 642 g/mol. The van der Waals surface area contributed by atoms with Crippen LogP contribution in [0.4, 0.5) is 17.1 Å². The van der Waals surface area contributed by atoms with E-state index in [4.69, 9.17) is 25.9 Å². The van der Waals surface area contributed by atoms with Gasteiger partial charge in [0.15, 0.2) is 0 Å². The number of furan rings is 1. The van der Waals surface area contributed by atoms with Crippen LogP contribution in [0, 0.1) is 6.92 Å². The summed E-state index contributed by atoms with van der Waals surface area (Å²) < 4.78 is 14.7. The van der Waals surface area contributed by atoms with Gasteiger partial charge in [0.25, 0.3) is 0 Å². The molecule has 0 saturated carbocycles. The van der Waals surface area contributed by atoms with Gasteiger partial charge in [0.1, 0.15) is 22.7 Å². The van der Waals surface area contributed by atoms with E-state index in [2.05, 4.69) is 103 Å². The van der Waals surface area contributed by atoms with Gasteiger partial charge in [0.05, 0.1) is 50.5 Å². The SMILES string of the molecule is Cc1nn(-c2cccc(N(c3cccc4ccccc34)c3cccc4oc5ccccc5c34)c2Cl)c2c1CC1C(=C2)Oc2ccccc21. The van der Waals surface area contributed by atoms with Gasteiger partial charge in [-0.2, -0.15) is 5.10 Å². The summed E-state index contributed by atoms with van der Waals surface area (Å²) in [6.45, 7) is 2.08. The topological polar surface area (TPSA) is 43.4 Å². The lowest BCUT2D eigenvalue weighted by molar-refractivity contribution is 0.428. The van der Waals surface area contributed by atoms with E-state index in [1.54, 1.807) is 0 Å². The summed E-state index contributed by atoms with van der Waals surface area (Å²) >= 11 is 7.59. The number of halogens is 1. The summed E-state index contributed by atoms with van der Waals surface area (Å²) in [5.41, 5.74) is 9.76. The molecule has 6 aromatic carbocycles. The van der Waals surface area contributed by atoms with E-state index in [0.717, 1.165) is 84.8 Å². The average Bonchev–Trinajstić information content (AvgIpc) is 3.79. The second-order valence-corrected chi connectivity index (χ2v) is 12.9. The first-order chi connectivity index (χ1) is 23.6. The van der Waals surface area contributed by atoms with Crippen LogP contribution < -0.4 is 9.64 Å². The molecule has 0 spiro atoms. The van der Waals surface area contributed by atoms with Gasteiger partial charge >= 0.3 is 0 Å². The fraction of sp³-hybridized carbons (Fsp3) is 0.0714. The van der Waals surface area contributed by atoms with Crippen molar-refractivity contribution < 1.29 is 9.15 Å². The zero-order valence-corrected chi connectivity index (χ0v) is 26.8. The van der Waals surface area contributed by atoms with E-state index in [0.29, 0.717) is 5.02 Å². The van der Waals surface area contributed by atoms with E-state index < -0.39 is 0 Å².